The third-order valence-corrected chi connectivity index (χ3v) is 5.32. The van der Waals surface area contributed by atoms with Crippen molar-refractivity contribution in [3.05, 3.63) is 63.5 Å². The molecule has 1 aromatic heterocycles. The van der Waals surface area contributed by atoms with E-state index in [4.69, 9.17) is 11.6 Å². The van der Waals surface area contributed by atoms with E-state index < -0.39 is 11.7 Å². The number of nitrogens with one attached hydrogen (secondary N) is 1. The lowest BCUT2D eigenvalue weighted by Gasteiger charge is -2.14. The van der Waals surface area contributed by atoms with Crippen molar-refractivity contribution in [2.75, 3.05) is 5.32 Å². The number of carbonyl (C=O) groups is 1. The average Bonchev–Trinajstić information content (AvgIpc) is 2.66. The molecule has 0 aliphatic rings. The van der Waals surface area contributed by atoms with Crippen LogP contribution in [-0.2, 0) is 6.54 Å². The van der Waals surface area contributed by atoms with E-state index in [9.17, 15) is 18.4 Å². The second kappa shape index (κ2) is 8.92. The number of alkyl halides is 2. The van der Waals surface area contributed by atoms with Gasteiger partial charge in [0.15, 0.2) is 5.69 Å². The van der Waals surface area contributed by atoms with Crippen LogP contribution in [-0.4, -0.2) is 21.4 Å². The Bertz CT molecular complexity index is 1120. The number of carbonyl (C=O) groups excluding carboxylic acids is 1. The Morgan fingerprint density at radius 2 is 1.86 bits per heavy atom. The average molecular weight is 438 g/mol. The van der Waals surface area contributed by atoms with Crippen LogP contribution >= 0.6 is 23.4 Å². The molecule has 0 atom stereocenters. The molecule has 0 aliphatic carbocycles. The molecule has 0 fully saturated rings. The van der Waals surface area contributed by atoms with Gasteiger partial charge in [-0.25, -0.2) is 4.68 Å². The Labute approximate surface area is 175 Å². The maximum Gasteiger partial charge on any atom is 0.289 e. The van der Waals surface area contributed by atoms with E-state index in [2.05, 4.69) is 10.4 Å². The summed E-state index contributed by atoms with van der Waals surface area (Å²) in [5.41, 5.74) is -0.100. The number of rotatable bonds is 6. The number of hydrogen-bond acceptors (Lipinski definition) is 4. The summed E-state index contributed by atoms with van der Waals surface area (Å²) in [6.45, 7) is 4.21. The van der Waals surface area contributed by atoms with E-state index in [1.54, 1.807) is 30.3 Å². The van der Waals surface area contributed by atoms with Crippen LogP contribution in [0.3, 0.4) is 0 Å². The molecule has 2 aromatic carbocycles. The lowest BCUT2D eigenvalue weighted by Crippen LogP contribution is -2.29. The molecule has 0 unspecified atom stereocenters. The summed E-state index contributed by atoms with van der Waals surface area (Å²) < 4.78 is 27.1. The molecule has 1 heterocycles. The number of nitrogens with zero attached hydrogens (tertiary/aromatic N) is 2. The fourth-order valence-electron chi connectivity index (χ4n) is 2.87. The molecular formula is C20H18ClF2N3O2S. The van der Waals surface area contributed by atoms with Crippen molar-refractivity contribution in [2.45, 2.75) is 31.0 Å². The van der Waals surface area contributed by atoms with Gasteiger partial charge in [-0.3, -0.25) is 9.59 Å². The van der Waals surface area contributed by atoms with Crippen LogP contribution in [0.2, 0.25) is 5.02 Å². The van der Waals surface area contributed by atoms with Gasteiger partial charge >= 0.3 is 0 Å². The molecule has 1 amide bonds. The van der Waals surface area contributed by atoms with Crippen LogP contribution in [0.25, 0.3) is 10.8 Å². The van der Waals surface area contributed by atoms with E-state index in [0.717, 1.165) is 0 Å². The summed E-state index contributed by atoms with van der Waals surface area (Å²) in [4.78, 5) is 25.7. The van der Waals surface area contributed by atoms with Gasteiger partial charge in [0.2, 0.25) is 0 Å². The topological polar surface area (TPSA) is 64.0 Å². The molecular weight excluding hydrogens is 420 g/mol. The zero-order chi connectivity index (χ0) is 21.1. The quantitative estimate of drug-likeness (QED) is 0.533. The SMILES string of the molecule is CC(C)Cn1nc(C(=O)Nc2cccc(Cl)c2SC(F)F)c2ccccc2c1=O. The molecule has 3 rings (SSSR count). The normalized spacial score (nSPS) is 11.4. The Morgan fingerprint density at radius 1 is 1.17 bits per heavy atom. The van der Waals surface area contributed by atoms with Gasteiger partial charge in [0.25, 0.3) is 17.2 Å². The Kier molecular flexibility index (Phi) is 6.54. The van der Waals surface area contributed by atoms with Crippen molar-refractivity contribution in [1.29, 1.82) is 0 Å². The zero-order valence-electron chi connectivity index (χ0n) is 15.7. The standard InChI is InChI=1S/C20H18ClF2N3O2S/c1-11(2)10-26-19(28)13-7-4-3-6-12(13)16(25-26)18(27)24-15-9-5-8-14(21)17(15)29-20(22)23/h3-9,11,20H,10H2,1-2H3,(H,24,27). The number of benzene rings is 2. The fraction of sp³-hybridized carbons (Fsp3) is 0.250. The number of halogens is 3. The third-order valence-electron chi connectivity index (χ3n) is 4.04. The van der Waals surface area contributed by atoms with Gasteiger partial charge in [0.05, 0.1) is 21.0 Å². The molecule has 0 spiro atoms. The molecule has 0 bridgehead atoms. The van der Waals surface area contributed by atoms with Gasteiger partial charge < -0.3 is 5.32 Å². The van der Waals surface area contributed by atoms with Crippen LogP contribution in [0.4, 0.5) is 14.5 Å². The van der Waals surface area contributed by atoms with E-state index >= 15 is 0 Å². The number of thioether (sulfide) groups is 1. The van der Waals surface area contributed by atoms with Crippen LogP contribution in [0, 0.1) is 5.92 Å². The Morgan fingerprint density at radius 3 is 2.52 bits per heavy atom. The fourth-order valence-corrected chi connectivity index (χ4v) is 3.78. The molecule has 3 aromatic rings. The zero-order valence-corrected chi connectivity index (χ0v) is 17.2. The molecule has 152 valence electrons. The van der Waals surface area contributed by atoms with Crippen LogP contribution in [0.1, 0.15) is 24.3 Å². The first-order valence-electron chi connectivity index (χ1n) is 8.82. The molecule has 0 saturated carbocycles. The van der Waals surface area contributed by atoms with Gasteiger partial charge in [0, 0.05) is 11.9 Å². The minimum atomic E-state index is -2.70. The van der Waals surface area contributed by atoms with Crippen molar-refractivity contribution in [3.8, 4) is 0 Å². The van der Waals surface area contributed by atoms with Gasteiger partial charge in [-0.1, -0.05) is 61.5 Å². The first kappa shape index (κ1) is 21.3. The van der Waals surface area contributed by atoms with E-state index in [1.165, 1.54) is 16.8 Å². The smallest absolute Gasteiger partial charge is 0.289 e. The predicted molar refractivity (Wildman–Crippen MR) is 112 cm³/mol. The highest BCUT2D eigenvalue weighted by atomic mass is 35.5. The van der Waals surface area contributed by atoms with Gasteiger partial charge in [0.1, 0.15) is 0 Å². The number of anilines is 1. The summed E-state index contributed by atoms with van der Waals surface area (Å²) in [6, 6.07) is 11.2. The molecule has 0 radical (unpaired) electrons. The maximum atomic E-state index is 13.0. The number of fused-ring (bicyclic) bond motifs is 1. The largest absolute Gasteiger partial charge is 0.319 e. The lowest BCUT2D eigenvalue weighted by molar-refractivity contribution is 0.102. The number of hydrogen-bond donors (Lipinski definition) is 1. The van der Waals surface area contributed by atoms with Gasteiger partial charge in [-0.05, 0) is 24.1 Å². The van der Waals surface area contributed by atoms with Crippen molar-refractivity contribution < 1.29 is 13.6 Å². The summed E-state index contributed by atoms with van der Waals surface area (Å²) in [7, 11) is 0. The van der Waals surface area contributed by atoms with Crippen molar-refractivity contribution in [2.24, 2.45) is 5.92 Å². The highest BCUT2D eigenvalue weighted by molar-refractivity contribution is 7.99. The van der Waals surface area contributed by atoms with E-state index in [0.29, 0.717) is 17.3 Å². The minimum Gasteiger partial charge on any atom is -0.319 e. The third kappa shape index (κ3) is 4.76. The molecule has 9 heteroatoms. The minimum absolute atomic E-state index is 0.0359. The first-order chi connectivity index (χ1) is 13.8. The molecule has 5 nitrogen and oxygen atoms in total. The monoisotopic (exact) mass is 437 g/mol. The van der Waals surface area contributed by atoms with Crippen LogP contribution < -0.4 is 10.9 Å². The van der Waals surface area contributed by atoms with Crippen molar-refractivity contribution in [1.82, 2.24) is 9.78 Å². The molecule has 0 saturated heterocycles. The van der Waals surface area contributed by atoms with Crippen LogP contribution in [0.15, 0.2) is 52.2 Å². The highest BCUT2D eigenvalue weighted by Gasteiger charge is 2.20. The van der Waals surface area contributed by atoms with E-state index in [1.807, 2.05) is 13.8 Å². The summed E-state index contributed by atoms with van der Waals surface area (Å²) >= 11 is 6.29. The Hall–Kier alpha value is -2.45. The lowest BCUT2D eigenvalue weighted by atomic mass is 10.1. The number of aromatic nitrogens is 2. The van der Waals surface area contributed by atoms with Gasteiger partial charge in [-0.2, -0.15) is 13.9 Å². The summed E-state index contributed by atoms with van der Waals surface area (Å²) in [5, 5.41) is 7.72. The second-order valence-corrected chi connectivity index (χ2v) is 8.13. The van der Waals surface area contributed by atoms with Gasteiger partial charge in [-0.15, -0.1) is 0 Å². The molecule has 0 aliphatic heterocycles. The van der Waals surface area contributed by atoms with Crippen molar-refractivity contribution in [3.63, 3.8) is 0 Å². The highest BCUT2D eigenvalue weighted by Crippen LogP contribution is 2.37. The summed E-state index contributed by atoms with van der Waals surface area (Å²) in [6.07, 6.45) is 0. The predicted octanol–water partition coefficient (Wildman–Crippen LogP) is 5.27. The molecule has 29 heavy (non-hydrogen) atoms. The Balaban J connectivity index is 2.08. The second-order valence-electron chi connectivity index (χ2n) is 6.72. The first-order valence-corrected chi connectivity index (χ1v) is 10.1. The van der Waals surface area contributed by atoms with Crippen molar-refractivity contribution >= 4 is 45.7 Å². The van der Waals surface area contributed by atoms with E-state index in [-0.39, 0.29) is 44.5 Å². The molecule has 1 N–H and O–H groups in total. The summed E-state index contributed by atoms with van der Waals surface area (Å²) in [5.74, 6) is -3.17. The number of amides is 1. The maximum absolute atomic E-state index is 13.0. The van der Waals surface area contributed by atoms with Crippen LogP contribution in [0.5, 0.6) is 0 Å².